The number of ether oxygens (including phenoxy) is 2. The van der Waals surface area contributed by atoms with Gasteiger partial charge in [0.05, 0.1) is 18.2 Å². The van der Waals surface area contributed by atoms with Crippen molar-refractivity contribution in [2.24, 2.45) is 0 Å². The second-order valence-corrected chi connectivity index (χ2v) is 5.40. The number of hydrogen-bond acceptors (Lipinski definition) is 6. The number of rotatable bonds is 9. The molecule has 0 fully saturated rings. The van der Waals surface area contributed by atoms with Crippen molar-refractivity contribution in [1.82, 2.24) is 9.80 Å². The van der Waals surface area contributed by atoms with E-state index < -0.39 is 18.5 Å². The van der Waals surface area contributed by atoms with Crippen LogP contribution in [0.25, 0.3) is 0 Å². The van der Waals surface area contributed by atoms with Gasteiger partial charge in [-0.2, -0.15) is 5.26 Å². The largest absolute Gasteiger partial charge is 0.482 e. The lowest BCUT2D eigenvalue weighted by Gasteiger charge is -2.23. The molecule has 8 nitrogen and oxygen atoms in total. The molecular weight excluding hydrogens is 338 g/mol. The minimum atomic E-state index is -0.703. The second-order valence-electron chi connectivity index (χ2n) is 5.40. The predicted octanol–water partition coefficient (Wildman–Crippen LogP) is 0.807. The lowest BCUT2D eigenvalue weighted by Crippen LogP contribution is -2.42. The summed E-state index contributed by atoms with van der Waals surface area (Å²) in [6.45, 7) is 3.97. The van der Waals surface area contributed by atoms with Gasteiger partial charge in [0.2, 0.25) is 5.91 Å². The van der Waals surface area contributed by atoms with E-state index in [-0.39, 0.29) is 19.1 Å². The first-order chi connectivity index (χ1) is 12.4. The minimum Gasteiger partial charge on any atom is -0.482 e. The number of likely N-dealkylation sites (N-methyl/N-ethyl adjacent to an activating group) is 2. The summed E-state index contributed by atoms with van der Waals surface area (Å²) in [7, 11) is 1.48. The molecule has 0 bridgehead atoms. The molecule has 0 saturated carbocycles. The van der Waals surface area contributed by atoms with Crippen molar-refractivity contribution in [3.05, 3.63) is 29.8 Å². The van der Waals surface area contributed by atoms with E-state index in [9.17, 15) is 14.4 Å². The van der Waals surface area contributed by atoms with Crippen molar-refractivity contribution in [3.63, 3.8) is 0 Å². The molecule has 0 aliphatic rings. The Morgan fingerprint density at radius 3 is 2.19 bits per heavy atom. The molecule has 0 unspecified atom stereocenters. The highest BCUT2D eigenvalue weighted by Gasteiger charge is 2.18. The molecule has 140 valence electrons. The van der Waals surface area contributed by atoms with Gasteiger partial charge in [-0.3, -0.25) is 9.59 Å². The molecule has 0 radical (unpaired) electrons. The molecule has 0 aliphatic heterocycles. The lowest BCUT2D eigenvalue weighted by atomic mass is 10.2. The highest BCUT2D eigenvalue weighted by atomic mass is 16.6. The summed E-state index contributed by atoms with van der Waals surface area (Å²) in [5, 5.41) is 8.70. The number of hydrogen-bond donors (Lipinski definition) is 0. The Kier molecular flexibility index (Phi) is 8.64. The molecule has 1 aromatic rings. The number of benzene rings is 1. The zero-order chi connectivity index (χ0) is 19.5. The number of carbonyl (C=O) groups excluding carboxylic acids is 3. The van der Waals surface area contributed by atoms with Crippen molar-refractivity contribution < 1.29 is 23.9 Å². The van der Waals surface area contributed by atoms with Crippen LogP contribution >= 0.6 is 0 Å². The van der Waals surface area contributed by atoms with Crippen molar-refractivity contribution >= 4 is 17.8 Å². The van der Waals surface area contributed by atoms with Gasteiger partial charge in [-0.15, -0.1) is 0 Å². The van der Waals surface area contributed by atoms with E-state index >= 15 is 0 Å². The predicted molar refractivity (Wildman–Crippen MR) is 93.2 cm³/mol. The lowest BCUT2D eigenvalue weighted by molar-refractivity contribution is -0.154. The van der Waals surface area contributed by atoms with Gasteiger partial charge in [-0.1, -0.05) is 0 Å². The molecular formula is C18H23N3O5. The quantitative estimate of drug-likeness (QED) is 0.603. The average molecular weight is 361 g/mol. The van der Waals surface area contributed by atoms with Gasteiger partial charge in [0, 0.05) is 20.1 Å². The topological polar surface area (TPSA) is 99.9 Å². The fourth-order valence-corrected chi connectivity index (χ4v) is 2.03. The first kappa shape index (κ1) is 21.0. The molecule has 26 heavy (non-hydrogen) atoms. The Morgan fingerprint density at radius 2 is 1.65 bits per heavy atom. The maximum absolute atomic E-state index is 11.9. The second kappa shape index (κ2) is 10.7. The summed E-state index contributed by atoms with van der Waals surface area (Å²) in [6, 6.07) is 8.22. The molecule has 0 saturated heterocycles. The zero-order valence-electron chi connectivity index (χ0n) is 15.2. The van der Waals surface area contributed by atoms with E-state index in [1.165, 1.54) is 11.9 Å². The summed E-state index contributed by atoms with van der Waals surface area (Å²) in [6.07, 6.45) is 0. The van der Waals surface area contributed by atoms with E-state index in [1.54, 1.807) is 29.2 Å². The van der Waals surface area contributed by atoms with Crippen LogP contribution in [0.1, 0.15) is 19.4 Å². The van der Waals surface area contributed by atoms with Gasteiger partial charge in [-0.05, 0) is 38.1 Å². The van der Waals surface area contributed by atoms with Crippen LogP contribution in [0.2, 0.25) is 0 Å². The third-order valence-electron chi connectivity index (χ3n) is 3.61. The number of nitrogens with zero attached hydrogens (tertiary/aromatic N) is 3. The van der Waals surface area contributed by atoms with E-state index in [1.807, 2.05) is 19.9 Å². The van der Waals surface area contributed by atoms with Crippen molar-refractivity contribution in [2.45, 2.75) is 13.8 Å². The van der Waals surface area contributed by atoms with Crippen LogP contribution in [0.4, 0.5) is 0 Å². The Balaban J connectivity index is 2.35. The normalized spacial score (nSPS) is 9.77. The van der Waals surface area contributed by atoms with Gasteiger partial charge in [0.15, 0.2) is 13.2 Å². The smallest absolute Gasteiger partial charge is 0.344 e. The Labute approximate surface area is 152 Å². The summed E-state index contributed by atoms with van der Waals surface area (Å²) in [5.74, 6) is -0.932. The SMILES string of the molecule is CCN(CC)C(=O)CN(C)C(=O)COC(=O)COc1ccc(C#N)cc1. The third-order valence-corrected chi connectivity index (χ3v) is 3.61. The Hall–Kier alpha value is -3.08. The number of carbonyl (C=O) groups is 3. The maximum atomic E-state index is 11.9. The van der Waals surface area contributed by atoms with E-state index in [0.29, 0.717) is 24.4 Å². The Morgan fingerprint density at radius 1 is 1.04 bits per heavy atom. The molecule has 2 amide bonds. The first-order valence-corrected chi connectivity index (χ1v) is 8.21. The molecule has 1 rings (SSSR count). The van der Waals surface area contributed by atoms with Crippen LogP contribution in [0, 0.1) is 11.3 Å². The van der Waals surface area contributed by atoms with Crippen LogP contribution in [0.15, 0.2) is 24.3 Å². The van der Waals surface area contributed by atoms with Crippen molar-refractivity contribution in [1.29, 1.82) is 5.26 Å². The van der Waals surface area contributed by atoms with Crippen LogP contribution in [-0.2, 0) is 19.1 Å². The van der Waals surface area contributed by atoms with Gasteiger partial charge in [0.1, 0.15) is 5.75 Å². The van der Waals surface area contributed by atoms with Crippen LogP contribution in [0.3, 0.4) is 0 Å². The fourth-order valence-electron chi connectivity index (χ4n) is 2.03. The highest BCUT2D eigenvalue weighted by Crippen LogP contribution is 2.11. The van der Waals surface area contributed by atoms with Crippen LogP contribution in [0.5, 0.6) is 5.75 Å². The highest BCUT2D eigenvalue weighted by molar-refractivity contribution is 5.86. The average Bonchev–Trinajstić information content (AvgIpc) is 2.65. The fraction of sp³-hybridized carbons (Fsp3) is 0.444. The number of esters is 1. The molecule has 8 heteroatoms. The molecule has 1 aromatic carbocycles. The van der Waals surface area contributed by atoms with E-state index in [0.717, 1.165) is 0 Å². The third kappa shape index (κ3) is 6.81. The number of nitriles is 1. The van der Waals surface area contributed by atoms with Gasteiger partial charge in [-0.25, -0.2) is 4.79 Å². The van der Waals surface area contributed by atoms with Gasteiger partial charge >= 0.3 is 5.97 Å². The summed E-state index contributed by atoms with van der Waals surface area (Å²) < 4.78 is 10.1. The monoisotopic (exact) mass is 361 g/mol. The molecule has 0 N–H and O–H groups in total. The summed E-state index contributed by atoms with van der Waals surface area (Å²) in [5.41, 5.74) is 0.479. The number of amides is 2. The molecule has 0 spiro atoms. The van der Waals surface area contributed by atoms with Gasteiger partial charge < -0.3 is 19.3 Å². The van der Waals surface area contributed by atoms with Crippen LogP contribution in [-0.4, -0.2) is 67.5 Å². The molecule has 0 aromatic heterocycles. The van der Waals surface area contributed by atoms with E-state index in [4.69, 9.17) is 14.7 Å². The molecule has 0 atom stereocenters. The molecule has 0 aliphatic carbocycles. The minimum absolute atomic E-state index is 0.0696. The summed E-state index contributed by atoms with van der Waals surface area (Å²) >= 11 is 0. The van der Waals surface area contributed by atoms with Crippen molar-refractivity contribution in [3.8, 4) is 11.8 Å². The van der Waals surface area contributed by atoms with Crippen molar-refractivity contribution in [2.75, 3.05) is 39.9 Å². The summed E-state index contributed by atoms with van der Waals surface area (Å²) in [4.78, 5) is 38.4. The Bertz CT molecular complexity index is 662. The van der Waals surface area contributed by atoms with E-state index in [2.05, 4.69) is 0 Å². The van der Waals surface area contributed by atoms with Gasteiger partial charge in [0.25, 0.3) is 5.91 Å². The van der Waals surface area contributed by atoms with Crippen LogP contribution < -0.4 is 4.74 Å². The first-order valence-electron chi connectivity index (χ1n) is 8.21. The zero-order valence-corrected chi connectivity index (χ0v) is 15.2. The standard InChI is InChI=1S/C18H23N3O5/c1-4-21(5-2)16(22)11-20(3)17(23)12-26-18(24)13-25-15-8-6-14(10-19)7-9-15/h6-9H,4-5,11-13H2,1-3H3. The maximum Gasteiger partial charge on any atom is 0.344 e. The molecule has 0 heterocycles.